The van der Waals surface area contributed by atoms with Crippen molar-refractivity contribution in [3.05, 3.63) is 0 Å². The Hall–Kier alpha value is -0.120. The molecule has 1 N–H and O–H groups in total. The molecular formula is C18H37N3. The van der Waals surface area contributed by atoms with Gasteiger partial charge in [0.25, 0.3) is 0 Å². The van der Waals surface area contributed by atoms with Crippen LogP contribution in [0.1, 0.15) is 58.8 Å². The Morgan fingerprint density at radius 3 is 2.67 bits per heavy atom. The van der Waals surface area contributed by atoms with Crippen molar-refractivity contribution in [2.45, 2.75) is 70.9 Å². The van der Waals surface area contributed by atoms with E-state index in [-0.39, 0.29) is 0 Å². The maximum Gasteiger partial charge on any atom is 0.0120 e. The highest BCUT2D eigenvalue weighted by Crippen LogP contribution is 2.23. The average molecular weight is 296 g/mol. The molecule has 2 rings (SSSR count). The molecule has 0 saturated carbocycles. The van der Waals surface area contributed by atoms with Crippen LogP contribution < -0.4 is 5.32 Å². The first-order valence-corrected chi connectivity index (χ1v) is 9.40. The SMILES string of the molecule is CCCNC1CCN(CCC2CCCCN2C)CC1CC. The first kappa shape index (κ1) is 17.2. The number of piperidine rings is 2. The summed E-state index contributed by atoms with van der Waals surface area (Å²) in [7, 11) is 2.32. The smallest absolute Gasteiger partial charge is 0.0120 e. The number of hydrogen-bond acceptors (Lipinski definition) is 3. The summed E-state index contributed by atoms with van der Waals surface area (Å²) in [4.78, 5) is 5.33. The fourth-order valence-electron chi connectivity index (χ4n) is 4.16. The molecule has 0 amide bonds. The Morgan fingerprint density at radius 2 is 1.95 bits per heavy atom. The van der Waals surface area contributed by atoms with Crippen molar-refractivity contribution in [2.24, 2.45) is 5.92 Å². The third kappa shape index (κ3) is 5.22. The maximum atomic E-state index is 3.77. The minimum atomic E-state index is 0.767. The predicted molar refractivity (Wildman–Crippen MR) is 91.8 cm³/mol. The van der Waals surface area contributed by atoms with E-state index < -0.39 is 0 Å². The van der Waals surface area contributed by atoms with Crippen LogP contribution >= 0.6 is 0 Å². The molecule has 3 atom stereocenters. The quantitative estimate of drug-likeness (QED) is 0.779. The molecule has 0 aromatic heterocycles. The van der Waals surface area contributed by atoms with Crippen molar-refractivity contribution in [2.75, 3.05) is 39.8 Å². The van der Waals surface area contributed by atoms with Crippen molar-refractivity contribution in [3.8, 4) is 0 Å². The van der Waals surface area contributed by atoms with Crippen LogP contribution in [-0.2, 0) is 0 Å². The Bertz CT molecular complexity index is 282. The van der Waals surface area contributed by atoms with Gasteiger partial charge in [-0.2, -0.15) is 0 Å². The molecular weight excluding hydrogens is 258 g/mol. The molecule has 0 radical (unpaired) electrons. The van der Waals surface area contributed by atoms with Gasteiger partial charge >= 0.3 is 0 Å². The predicted octanol–water partition coefficient (Wildman–Crippen LogP) is 2.96. The van der Waals surface area contributed by atoms with Gasteiger partial charge in [0.2, 0.25) is 0 Å². The van der Waals surface area contributed by atoms with Gasteiger partial charge in [0.1, 0.15) is 0 Å². The zero-order valence-corrected chi connectivity index (χ0v) is 14.6. The van der Waals surface area contributed by atoms with E-state index in [4.69, 9.17) is 0 Å². The number of likely N-dealkylation sites (tertiary alicyclic amines) is 2. The summed E-state index contributed by atoms with van der Waals surface area (Å²) in [6.07, 6.45) is 9.56. The molecule has 0 aromatic carbocycles. The van der Waals surface area contributed by atoms with Gasteiger partial charge in [0.15, 0.2) is 0 Å². The van der Waals surface area contributed by atoms with E-state index in [1.165, 1.54) is 77.7 Å². The molecule has 2 heterocycles. The van der Waals surface area contributed by atoms with Gasteiger partial charge in [-0.3, -0.25) is 0 Å². The molecule has 3 unspecified atom stereocenters. The lowest BCUT2D eigenvalue weighted by atomic mass is 9.89. The van der Waals surface area contributed by atoms with Gasteiger partial charge in [0.05, 0.1) is 0 Å². The van der Waals surface area contributed by atoms with Gasteiger partial charge < -0.3 is 15.1 Å². The van der Waals surface area contributed by atoms with Gasteiger partial charge in [-0.1, -0.05) is 26.7 Å². The Morgan fingerprint density at radius 1 is 1.10 bits per heavy atom. The molecule has 2 aliphatic heterocycles. The molecule has 2 aliphatic rings. The summed E-state index contributed by atoms with van der Waals surface area (Å²) in [5, 5.41) is 3.77. The zero-order valence-electron chi connectivity index (χ0n) is 14.6. The normalized spacial score (nSPS) is 32.4. The number of hydrogen-bond donors (Lipinski definition) is 1. The van der Waals surface area contributed by atoms with Crippen molar-refractivity contribution < 1.29 is 0 Å². The van der Waals surface area contributed by atoms with Crippen LogP contribution in [0.2, 0.25) is 0 Å². The average Bonchev–Trinajstić information content (AvgIpc) is 2.52. The van der Waals surface area contributed by atoms with Gasteiger partial charge in [-0.25, -0.2) is 0 Å². The summed E-state index contributed by atoms with van der Waals surface area (Å²) < 4.78 is 0. The van der Waals surface area contributed by atoms with Crippen LogP contribution in [-0.4, -0.2) is 61.7 Å². The second-order valence-electron chi connectivity index (χ2n) is 7.24. The lowest BCUT2D eigenvalue weighted by Gasteiger charge is -2.40. The largest absolute Gasteiger partial charge is 0.314 e. The molecule has 2 fully saturated rings. The topological polar surface area (TPSA) is 18.5 Å². The summed E-state index contributed by atoms with van der Waals surface area (Å²) >= 11 is 0. The third-order valence-electron chi connectivity index (χ3n) is 5.70. The van der Waals surface area contributed by atoms with Crippen molar-refractivity contribution in [3.63, 3.8) is 0 Å². The highest BCUT2D eigenvalue weighted by atomic mass is 15.2. The Balaban J connectivity index is 1.72. The molecule has 124 valence electrons. The van der Waals surface area contributed by atoms with Crippen LogP contribution in [0.25, 0.3) is 0 Å². The van der Waals surface area contributed by atoms with Crippen LogP contribution in [0, 0.1) is 5.92 Å². The van der Waals surface area contributed by atoms with E-state index in [0.29, 0.717) is 0 Å². The van der Waals surface area contributed by atoms with Crippen molar-refractivity contribution in [1.29, 1.82) is 0 Å². The van der Waals surface area contributed by atoms with Crippen molar-refractivity contribution >= 4 is 0 Å². The summed E-state index contributed by atoms with van der Waals surface area (Å²) in [6.45, 7) is 11.1. The van der Waals surface area contributed by atoms with E-state index in [1.54, 1.807) is 0 Å². The van der Waals surface area contributed by atoms with Crippen LogP contribution in [0.3, 0.4) is 0 Å². The van der Waals surface area contributed by atoms with Gasteiger partial charge in [-0.05, 0) is 71.2 Å². The van der Waals surface area contributed by atoms with Crippen LogP contribution in [0.15, 0.2) is 0 Å². The lowest BCUT2D eigenvalue weighted by Crippen LogP contribution is -2.50. The highest BCUT2D eigenvalue weighted by Gasteiger charge is 2.28. The number of nitrogens with one attached hydrogen (secondary N) is 1. The van der Waals surface area contributed by atoms with Gasteiger partial charge in [0, 0.05) is 18.6 Å². The van der Waals surface area contributed by atoms with Crippen molar-refractivity contribution in [1.82, 2.24) is 15.1 Å². The molecule has 3 nitrogen and oxygen atoms in total. The van der Waals surface area contributed by atoms with E-state index in [9.17, 15) is 0 Å². The zero-order chi connectivity index (χ0) is 15.1. The lowest BCUT2D eigenvalue weighted by molar-refractivity contribution is 0.109. The first-order valence-electron chi connectivity index (χ1n) is 9.40. The van der Waals surface area contributed by atoms with E-state index in [2.05, 4.69) is 36.0 Å². The standard InChI is InChI=1S/C18H37N3/c1-4-11-19-18-10-14-21(15-16(18)5-2)13-9-17-8-6-7-12-20(17)3/h16-19H,4-15H2,1-3H3. The summed E-state index contributed by atoms with van der Waals surface area (Å²) in [6, 6.07) is 1.61. The van der Waals surface area contributed by atoms with E-state index in [1.807, 2.05) is 0 Å². The fraction of sp³-hybridized carbons (Fsp3) is 1.00. The fourth-order valence-corrected chi connectivity index (χ4v) is 4.16. The summed E-state index contributed by atoms with van der Waals surface area (Å²) in [5.41, 5.74) is 0. The molecule has 0 aromatic rings. The second-order valence-corrected chi connectivity index (χ2v) is 7.24. The van der Waals surface area contributed by atoms with E-state index in [0.717, 1.165) is 18.0 Å². The molecule has 2 saturated heterocycles. The number of rotatable bonds is 7. The Labute approximate surface area is 132 Å². The molecule has 21 heavy (non-hydrogen) atoms. The summed E-state index contributed by atoms with van der Waals surface area (Å²) in [5.74, 6) is 0.856. The van der Waals surface area contributed by atoms with E-state index >= 15 is 0 Å². The Kier molecular flexibility index (Phi) is 7.48. The molecule has 0 bridgehead atoms. The highest BCUT2D eigenvalue weighted by molar-refractivity contribution is 4.85. The maximum absolute atomic E-state index is 3.77. The number of nitrogens with zero attached hydrogens (tertiary/aromatic N) is 2. The third-order valence-corrected chi connectivity index (χ3v) is 5.70. The second kappa shape index (κ2) is 9.12. The minimum absolute atomic E-state index is 0.767. The van der Waals surface area contributed by atoms with Gasteiger partial charge in [-0.15, -0.1) is 0 Å². The monoisotopic (exact) mass is 295 g/mol. The first-order chi connectivity index (χ1) is 10.2. The van der Waals surface area contributed by atoms with Crippen LogP contribution in [0.4, 0.5) is 0 Å². The molecule has 3 heteroatoms. The molecule has 0 spiro atoms. The molecule has 0 aliphatic carbocycles. The minimum Gasteiger partial charge on any atom is -0.314 e. The van der Waals surface area contributed by atoms with Crippen LogP contribution in [0.5, 0.6) is 0 Å².